The fourth-order valence-electron chi connectivity index (χ4n) is 1.89. The van der Waals surface area contributed by atoms with Gasteiger partial charge in [0.15, 0.2) is 0 Å². The van der Waals surface area contributed by atoms with Crippen LogP contribution in [-0.2, 0) is 0 Å². The Kier molecular flexibility index (Phi) is 6.72. The first-order valence-electron chi connectivity index (χ1n) is 6.81. The van der Waals surface area contributed by atoms with Crippen LogP contribution in [0.2, 0.25) is 0 Å². The van der Waals surface area contributed by atoms with Crippen LogP contribution in [0.1, 0.15) is 48.5 Å². The molecule has 0 spiro atoms. The summed E-state index contributed by atoms with van der Waals surface area (Å²) in [6.45, 7) is 6.63. The van der Waals surface area contributed by atoms with Crippen LogP contribution in [-0.4, -0.2) is 19.6 Å². The van der Waals surface area contributed by atoms with E-state index in [-0.39, 0.29) is 5.91 Å². The number of rotatable bonds is 8. The maximum atomic E-state index is 12.0. The standard InChI is InChI=1S/C16H23NO2/c1-4-6-7-8-11-17-16(18)14-9-10-15(19-3)13(5-2)12-14/h5,9-10,12H,2,4,6-8,11H2,1,3H3,(H,17,18). The SMILES string of the molecule is C=Cc1cc(C(=O)NCCCCCC)ccc1OC. The van der Waals surface area contributed by atoms with Crippen molar-refractivity contribution in [1.29, 1.82) is 0 Å². The highest BCUT2D eigenvalue weighted by Crippen LogP contribution is 2.20. The zero-order valence-electron chi connectivity index (χ0n) is 11.9. The molecule has 0 saturated heterocycles. The number of carbonyl (C=O) groups is 1. The molecule has 104 valence electrons. The number of amides is 1. The molecular formula is C16H23NO2. The molecule has 0 bridgehead atoms. The fourth-order valence-corrected chi connectivity index (χ4v) is 1.89. The molecule has 19 heavy (non-hydrogen) atoms. The highest BCUT2D eigenvalue weighted by atomic mass is 16.5. The molecule has 0 fully saturated rings. The number of benzene rings is 1. The summed E-state index contributed by atoms with van der Waals surface area (Å²) in [5.41, 5.74) is 1.48. The minimum absolute atomic E-state index is 0.0396. The molecule has 0 aromatic heterocycles. The monoisotopic (exact) mass is 261 g/mol. The van der Waals surface area contributed by atoms with Crippen LogP contribution in [0, 0.1) is 0 Å². The number of methoxy groups -OCH3 is 1. The van der Waals surface area contributed by atoms with Crippen LogP contribution < -0.4 is 10.1 Å². The average molecular weight is 261 g/mol. The van der Waals surface area contributed by atoms with E-state index in [4.69, 9.17) is 4.74 Å². The van der Waals surface area contributed by atoms with Crippen molar-refractivity contribution in [1.82, 2.24) is 5.32 Å². The summed E-state index contributed by atoms with van der Waals surface area (Å²) in [7, 11) is 1.61. The van der Waals surface area contributed by atoms with Gasteiger partial charge >= 0.3 is 0 Å². The Labute approximate surface area is 115 Å². The quantitative estimate of drug-likeness (QED) is 0.725. The molecule has 0 atom stereocenters. The molecule has 0 saturated carbocycles. The van der Waals surface area contributed by atoms with Crippen LogP contribution in [0.4, 0.5) is 0 Å². The van der Waals surface area contributed by atoms with E-state index < -0.39 is 0 Å². The van der Waals surface area contributed by atoms with Crippen molar-refractivity contribution >= 4 is 12.0 Å². The van der Waals surface area contributed by atoms with Gasteiger partial charge in [-0.25, -0.2) is 0 Å². The number of hydrogen-bond donors (Lipinski definition) is 1. The predicted molar refractivity (Wildman–Crippen MR) is 79.6 cm³/mol. The number of ether oxygens (including phenoxy) is 1. The Balaban J connectivity index is 2.55. The summed E-state index contributed by atoms with van der Waals surface area (Å²) >= 11 is 0. The molecule has 0 radical (unpaired) electrons. The van der Waals surface area contributed by atoms with Gasteiger partial charge in [-0.05, 0) is 24.6 Å². The van der Waals surface area contributed by atoms with Gasteiger partial charge < -0.3 is 10.1 Å². The van der Waals surface area contributed by atoms with E-state index in [0.717, 1.165) is 30.7 Å². The van der Waals surface area contributed by atoms with Gasteiger partial charge in [0.05, 0.1) is 7.11 Å². The molecule has 0 heterocycles. The highest BCUT2D eigenvalue weighted by Gasteiger charge is 2.07. The van der Waals surface area contributed by atoms with E-state index >= 15 is 0 Å². The van der Waals surface area contributed by atoms with E-state index in [1.54, 1.807) is 31.4 Å². The molecule has 3 nitrogen and oxygen atoms in total. The van der Waals surface area contributed by atoms with E-state index in [0.29, 0.717) is 5.56 Å². The minimum Gasteiger partial charge on any atom is -0.496 e. The fraction of sp³-hybridized carbons (Fsp3) is 0.438. The molecule has 1 aromatic rings. The van der Waals surface area contributed by atoms with Gasteiger partial charge in [0.2, 0.25) is 0 Å². The van der Waals surface area contributed by atoms with Gasteiger partial charge in [0.1, 0.15) is 5.75 Å². The number of unbranched alkanes of at least 4 members (excludes halogenated alkanes) is 3. The van der Waals surface area contributed by atoms with Gasteiger partial charge in [-0.1, -0.05) is 38.8 Å². The van der Waals surface area contributed by atoms with Crippen molar-refractivity contribution < 1.29 is 9.53 Å². The van der Waals surface area contributed by atoms with Crippen molar-refractivity contribution in [3.05, 3.63) is 35.9 Å². The van der Waals surface area contributed by atoms with Crippen molar-refractivity contribution in [3.63, 3.8) is 0 Å². The summed E-state index contributed by atoms with van der Waals surface area (Å²) in [6, 6.07) is 5.36. The van der Waals surface area contributed by atoms with Gasteiger partial charge in [-0.3, -0.25) is 4.79 Å². The summed E-state index contributed by atoms with van der Waals surface area (Å²) in [4.78, 5) is 12.0. The van der Waals surface area contributed by atoms with Gasteiger partial charge in [0.25, 0.3) is 5.91 Å². The van der Waals surface area contributed by atoms with Crippen LogP contribution >= 0.6 is 0 Å². The Morgan fingerprint density at radius 2 is 2.16 bits per heavy atom. The number of carbonyl (C=O) groups excluding carboxylic acids is 1. The Morgan fingerprint density at radius 3 is 2.79 bits per heavy atom. The van der Waals surface area contributed by atoms with E-state index in [2.05, 4.69) is 18.8 Å². The predicted octanol–water partition coefficient (Wildman–Crippen LogP) is 3.65. The lowest BCUT2D eigenvalue weighted by atomic mass is 10.1. The van der Waals surface area contributed by atoms with Gasteiger partial charge in [-0.2, -0.15) is 0 Å². The van der Waals surface area contributed by atoms with Gasteiger partial charge in [0, 0.05) is 17.7 Å². The first kappa shape index (κ1) is 15.3. The van der Waals surface area contributed by atoms with Crippen LogP contribution in [0.3, 0.4) is 0 Å². The molecule has 0 aliphatic heterocycles. The van der Waals surface area contributed by atoms with Crippen LogP contribution in [0.15, 0.2) is 24.8 Å². The van der Waals surface area contributed by atoms with E-state index in [1.807, 2.05) is 0 Å². The topological polar surface area (TPSA) is 38.3 Å². The zero-order valence-corrected chi connectivity index (χ0v) is 11.9. The second-order valence-electron chi connectivity index (χ2n) is 4.48. The second kappa shape index (κ2) is 8.35. The first-order chi connectivity index (χ1) is 9.22. The van der Waals surface area contributed by atoms with Crippen molar-refractivity contribution in [2.75, 3.05) is 13.7 Å². The second-order valence-corrected chi connectivity index (χ2v) is 4.48. The number of hydrogen-bond acceptors (Lipinski definition) is 2. The first-order valence-corrected chi connectivity index (χ1v) is 6.81. The number of nitrogens with one attached hydrogen (secondary N) is 1. The average Bonchev–Trinajstić information content (AvgIpc) is 2.46. The van der Waals surface area contributed by atoms with Crippen molar-refractivity contribution in [2.24, 2.45) is 0 Å². The minimum atomic E-state index is -0.0396. The third-order valence-electron chi connectivity index (χ3n) is 3.03. The summed E-state index contributed by atoms with van der Waals surface area (Å²) in [5, 5.41) is 2.93. The van der Waals surface area contributed by atoms with Gasteiger partial charge in [-0.15, -0.1) is 0 Å². The lowest BCUT2D eigenvalue weighted by Crippen LogP contribution is -2.24. The lowest BCUT2D eigenvalue weighted by molar-refractivity contribution is 0.0953. The molecule has 3 heteroatoms. The maximum Gasteiger partial charge on any atom is 0.251 e. The molecule has 1 N–H and O–H groups in total. The van der Waals surface area contributed by atoms with E-state index in [9.17, 15) is 4.79 Å². The molecular weight excluding hydrogens is 238 g/mol. The third kappa shape index (κ3) is 4.78. The lowest BCUT2D eigenvalue weighted by Gasteiger charge is -2.08. The smallest absolute Gasteiger partial charge is 0.251 e. The highest BCUT2D eigenvalue weighted by molar-refractivity contribution is 5.95. The Morgan fingerprint density at radius 1 is 1.37 bits per heavy atom. The van der Waals surface area contributed by atoms with Crippen molar-refractivity contribution in [2.45, 2.75) is 32.6 Å². The maximum absolute atomic E-state index is 12.0. The van der Waals surface area contributed by atoms with Crippen LogP contribution in [0.25, 0.3) is 6.08 Å². The summed E-state index contributed by atoms with van der Waals surface area (Å²) in [6.07, 6.45) is 6.31. The zero-order chi connectivity index (χ0) is 14.1. The normalized spacial score (nSPS) is 10.0. The van der Waals surface area contributed by atoms with Crippen molar-refractivity contribution in [3.8, 4) is 5.75 Å². The molecule has 0 aliphatic carbocycles. The molecule has 1 rings (SSSR count). The molecule has 1 aromatic carbocycles. The Bertz CT molecular complexity index is 427. The Hall–Kier alpha value is -1.77. The molecule has 1 amide bonds. The molecule has 0 aliphatic rings. The third-order valence-corrected chi connectivity index (χ3v) is 3.03. The van der Waals surface area contributed by atoms with Crippen LogP contribution in [0.5, 0.6) is 5.75 Å². The largest absolute Gasteiger partial charge is 0.496 e. The summed E-state index contributed by atoms with van der Waals surface area (Å²) in [5.74, 6) is 0.691. The van der Waals surface area contributed by atoms with E-state index in [1.165, 1.54) is 12.8 Å². The molecule has 0 unspecified atom stereocenters. The summed E-state index contributed by atoms with van der Waals surface area (Å²) < 4.78 is 5.19.